The van der Waals surface area contributed by atoms with E-state index in [2.05, 4.69) is 29.7 Å². The third-order valence-corrected chi connectivity index (χ3v) is 3.74. The fourth-order valence-corrected chi connectivity index (χ4v) is 2.43. The lowest BCUT2D eigenvalue weighted by atomic mass is 9.95. The van der Waals surface area contributed by atoms with E-state index in [0.717, 1.165) is 31.6 Å². The Bertz CT molecular complexity index is 475. The lowest BCUT2D eigenvalue weighted by molar-refractivity contribution is 0.0259. The van der Waals surface area contributed by atoms with Crippen molar-refractivity contribution >= 4 is 0 Å². The van der Waals surface area contributed by atoms with Gasteiger partial charge in [-0.2, -0.15) is 0 Å². The molecule has 0 spiro atoms. The summed E-state index contributed by atoms with van der Waals surface area (Å²) in [5.41, 5.74) is 7.68. The van der Waals surface area contributed by atoms with Gasteiger partial charge in [0.15, 0.2) is 0 Å². The Balaban J connectivity index is 2.07. The Morgan fingerprint density at radius 1 is 1.42 bits per heavy atom. The van der Waals surface area contributed by atoms with Gasteiger partial charge in [0.05, 0.1) is 12.6 Å². The van der Waals surface area contributed by atoms with Gasteiger partial charge < -0.3 is 10.8 Å². The average molecular weight is 258 g/mol. The molecule has 102 valence electrons. The van der Waals surface area contributed by atoms with E-state index in [0.29, 0.717) is 12.5 Å². The molecule has 1 aliphatic heterocycles. The molecular formula is C16H22N2O. The van der Waals surface area contributed by atoms with E-state index in [4.69, 9.17) is 5.73 Å². The van der Waals surface area contributed by atoms with Gasteiger partial charge >= 0.3 is 0 Å². The second kappa shape index (κ2) is 6.72. The van der Waals surface area contributed by atoms with Gasteiger partial charge in [0.1, 0.15) is 0 Å². The summed E-state index contributed by atoms with van der Waals surface area (Å²) in [6, 6.07) is 8.16. The van der Waals surface area contributed by atoms with E-state index < -0.39 is 0 Å². The second-order valence-electron chi connectivity index (χ2n) is 5.23. The zero-order chi connectivity index (χ0) is 13.7. The zero-order valence-corrected chi connectivity index (χ0v) is 11.5. The van der Waals surface area contributed by atoms with Crippen molar-refractivity contribution in [2.75, 3.05) is 19.6 Å². The first-order valence-corrected chi connectivity index (χ1v) is 6.88. The minimum Gasteiger partial charge on any atom is -0.392 e. The number of hydrogen-bond donors (Lipinski definition) is 2. The second-order valence-corrected chi connectivity index (χ2v) is 5.23. The van der Waals surface area contributed by atoms with Crippen LogP contribution in [0, 0.1) is 17.8 Å². The summed E-state index contributed by atoms with van der Waals surface area (Å²) in [7, 11) is 0. The number of nitrogens with two attached hydrogens (primary N) is 1. The fourth-order valence-electron chi connectivity index (χ4n) is 2.43. The minimum absolute atomic E-state index is 0.212. The number of nitrogens with zero attached hydrogens (tertiary/aromatic N) is 1. The Morgan fingerprint density at radius 2 is 2.21 bits per heavy atom. The van der Waals surface area contributed by atoms with Crippen molar-refractivity contribution in [2.24, 2.45) is 11.7 Å². The van der Waals surface area contributed by atoms with Gasteiger partial charge in [-0.3, -0.25) is 4.90 Å². The SMILES string of the molecule is CC1CCN(Cc2ccccc2C#CCN)CC1O. The summed E-state index contributed by atoms with van der Waals surface area (Å²) in [6.07, 6.45) is 0.841. The van der Waals surface area contributed by atoms with Crippen LogP contribution in [-0.4, -0.2) is 35.7 Å². The Hall–Kier alpha value is -1.34. The summed E-state index contributed by atoms with van der Waals surface area (Å²) >= 11 is 0. The standard InChI is InChI=1S/C16H22N2O/c1-13-8-10-18(12-16(13)19)11-15-6-3-2-5-14(15)7-4-9-17/h2-3,5-6,13,16,19H,8-12,17H2,1H3. The fraction of sp³-hybridized carbons (Fsp3) is 0.500. The maximum absolute atomic E-state index is 9.95. The zero-order valence-electron chi connectivity index (χ0n) is 11.5. The van der Waals surface area contributed by atoms with Gasteiger partial charge in [-0.25, -0.2) is 0 Å². The molecule has 19 heavy (non-hydrogen) atoms. The normalized spacial score (nSPS) is 23.7. The van der Waals surface area contributed by atoms with E-state index in [-0.39, 0.29) is 6.10 Å². The van der Waals surface area contributed by atoms with E-state index in [1.165, 1.54) is 5.56 Å². The molecule has 0 amide bonds. The maximum Gasteiger partial charge on any atom is 0.0693 e. The van der Waals surface area contributed by atoms with Gasteiger partial charge in [0.2, 0.25) is 0 Å². The number of aliphatic hydroxyl groups excluding tert-OH is 1. The number of likely N-dealkylation sites (tertiary alicyclic amines) is 1. The summed E-state index contributed by atoms with van der Waals surface area (Å²) in [5.74, 6) is 6.43. The molecule has 0 radical (unpaired) electrons. The lowest BCUT2D eigenvalue weighted by Gasteiger charge is -2.34. The monoisotopic (exact) mass is 258 g/mol. The van der Waals surface area contributed by atoms with Gasteiger partial charge in [0, 0.05) is 18.7 Å². The number of piperidine rings is 1. The molecule has 0 aromatic heterocycles. The molecule has 1 aliphatic rings. The van der Waals surface area contributed by atoms with Crippen LogP contribution in [-0.2, 0) is 6.54 Å². The molecule has 0 bridgehead atoms. The topological polar surface area (TPSA) is 49.5 Å². The van der Waals surface area contributed by atoms with E-state index in [9.17, 15) is 5.11 Å². The van der Waals surface area contributed by atoms with Crippen LogP contribution in [0.4, 0.5) is 0 Å². The predicted octanol–water partition coefficient (Wildman–Crippen LogP) is 1.20. The number of aliphatic hydroxyl groups is 1. The van der Waals surface area contributed by atoms with Crippen LogP contribution in [0.15, 0.2) is 24.3 Å². The van der Waals surface area contributed by atoms with E-state index in [1.807, 2.05) is 18.2 Å². The highest BCUT2D eigenvalue weighted by atomic mass is 16.3. The van der Waals surface area contributed by atoms with Crippen LogP contribution in [0.2, 0.25) is 0 Å². The molecule has 1 fully saturated rings. The molecule has 3 N–H and O–H groups in total. The molecule has 1 heterocycles. The van der Waals surface area contributed by atoms with Crippen LogP contribution >= 0.6 is 0 Å². The number of β-amino-alcohol motifs (C(OH)–C–C–N with tert-alkyl or cyclic N) is 1. The summed E-state index contributed by atoms with van der Waals surface area (Å²) in [6.45, 7) is 5.13. The van der Waals surface area contributed by atoms with Crippen molar-refractivity contribution in [1.29, 1.82) is 0 Å². The van der Waals surface area contributed by atoms with Gasteiger partial charge in [-0.05, 0) is 30.5 Å². The van der Waals surface area contributed by atoms with Crippen molar-refractivity contribution in [3.8, 4) is 11.8 Å². The summed E-state index contributed by atoms with van der Waals surface area (Å²) in [4.78, 5) is 2.30. The van der Waals surface area contributed by atoms with Gasteiger partial charge in [0.25, 0.3) is 0 Å². The highest BCUT2D eigenvalue weighted by Gasteiger charge is 2.24. The van der Waals surface area contributed by atoms with Crippen molar-refractivity contribution in [2.45, 2.75) is 26.0 Å². The molecule has 0 saturated carbocycles. The maximum atomic E-state index is 9.95. The average Bonchev–Trinajstić information content (AvgIpc) is 2.42. The Kier molecular flexibility index (Phi) is 4.98. The summed E-state index contributed by atoms with van der Waals surface area (Å²) < 4.78 is 0. The number of hydrogen-bond acceptors (Lipinski definition) is 3. The van der Waals surface area contributed by atoms with Crippen LogP contribution in [0.5, 0.6) is 0 Å². The molecule has 0 aliphatic carbocycles. The predicted molar refractivity (Wildman–Crippen MR) is 77.4 cm³/mol. The lowest BCUT2D eigenvalue weighted by Crippen LogP contribution is -2.42. The first kappa shape index (κ1) is 14.1. The molecule has 1 saturated heterocycles. The molecule has 2 atom stereocenters. The van der Waals surface area contributed by atoms with E-state index in [1.54, 1.807) is 0 Å². The quantitative estimate of drug-likeness (QED) is 0.784. The van der Waals surface area contributed by atoms with Crippen LogP contribution < -0.4 is 5.73 Å². The smallest absolute Gasteiger partial charge is 0.0693 e. The number of benzene rings is 1. The minimum atomic E-state index is -0.212. The van der Waals surface area contributed by atoms with Crippen molar-refractivity contribution in [3.05, 3.63) is 35.4 Å². The van der Waals surface area contributed by atoms with Crippen LogP contribution in [0.1, 0.15) is 24.5 Å². The molecular weight excluding hydrogens is 236 g/mol. The van der Waals surface area contributed by atoms with Crippen LogP contribution in [0.25, 0.3) is 0 Å². The first-order chi connectivity index (χ1) is 9.20. The molecule has 1 aromatic carbocycles. The Morgan fingerprint density at radius 3 is 2.95 bits per heavy atom. The molecule has 1 aromatic rings. The number of rotatable bonds is 2. The van der Waals surface area contributed by atoms with Crippen LogP contribution in [0.3, 0.4) is 0 Å². The van der Waals surface area contributed by atoms with Crippen molar-refractivity contribution < 1.29 is 5.11 Å². The highest BCUT2D eigenvalue weighted by Crippen LogP contribution is 2.20. The first-order valence-electron chi connectivity index (χ1n) is 6.88. The van der Waals surface area contributed by atoms with E-state index >= 15 is 0 Å². The van der Waals surface area contributed by atoms with Crippen molar-refractivity contribution in [1.82, 2.24) is 4.90 Å². The Labute approximate surface area is 115 Å². The highest BCUT2D eigenvalue weighted by molar-refractivity contribution is 5.41. The van der Waals surface area contributed by atoms with Gasteiger partial charge in [-0.1, -0.05) is 37.0 Å². The van der Waals surface area contributed by atoms with Crippen molar-refractivity contribution in [3.63, 3.8) is 0 Å². The molecule has 3 nitrogen and oxygen atoms in total. The molecule has 2 rings (SSSR count). The third kappa shape index (κ3) is 3.81. The summed E-state index contributed by atoms with van der Waals surface area (Å²) in [5, 5.41) is 9.95. The largest absolute Gasteiger partial charge is 0.392 e. The van der Waals surface area contributed by atoms with Gasteiger partial charge in [-0.15, -0.1) is 0 Å². The third-order valence-electron chi connectivity index (χ3n) is 3.74. The molecule has 2 unspecified atom stereocenters. The molecule has 3 heteroatoms.